The minimum atomic E-state index is -0.954. The van der Waals surface area contributed by atoms with Crippen LogP contribution in [-0.4, -0.2) is 46.4 Å². The SMILES string of the molecule is CCC(OC(=O)c1c2c(nc3ccccc13)CCN(C)C2)C(=O)Nc1nc(-c2ccc(Cl)cc2)cs1. The third-order valence-corrected chi connectivity index (χ3v) is 7.24. The Morgan fingerprint density at radius 1 is 1.17 bits per heavy atom. The van der Waals surface area contributed by atoms with Gasteiger partial charge in [-0.15, -0.1) is 11.3 Å². The summed E-state index contributed by atoms with van der Waals surface area (Å²) in [5.74, 6) is -0.921. The number of likely N-dealkylation sites (N-methyl/N-ethyl adjacent to an activating group) is 1. The molecule has 0 saturated heterocycles. The van der Waals surface area contributed by atoms with Crippen molar-refractivity contribution in [1.82, 2.24) is 14.9 Å². The average molecular weight is 521 g/mol. The summed E-state index contributed by atoms with van der Waals surface area (Å²) in [6.45, 7) is 3.29. The van der Waals surface area contributed by atoms with E-state index in [1.54, 1.807) is 12.1 Å². The molecule has 4 aromatic rings. The first-order valence-electron chi connectivity index (χ1n) is 11.7. The number of nitrogens with one attached hydrogen (secondary N) is 1. The number of hydrogen-bond donors (Lipinski definition) is 1. The van der Waals surface area contributed by atoms with Crippen molar-refractivity contribution in [2.24, 2.45) is 0 Å². The normalized spacial score (nSPS) is 14.3. The van der Waals surface area contributed by atoms with E-state index in [9.17, 15) is 9.59 Å². The minimum Gasteiger partial charge on any atom is -0.449 e. The van der Waals surface area contributed by atoms with Gasteiger partial charge in [0.2, 0.25) is 0 Å². The molecule has 1 atom stereocenters. The Morgan fingerprint density at radius 3 is 2.72 bits per heavy atom. The van der Waals surface area contributed by atoms with Crippen LogP contribution in [0.25, 0.3) is 22.2 Å². The highest BCUT2D eigenvalue weighted by molar-refractivity contribution is 7.14. The number of benzene rings is 2. The first kappa shape index (κ1) is 24.4. The van der Waals surface area contributed by atoms with Crippen molar-refractivity contribution in [3.8, 4) is 11.3 Å². The number of rotatable bonds is 6. The van der Waals surface area contributed by atoms with Crippen LogP contribution in [0.15, 0.2) is 53.9 Å². The highest BCUT2D eigenvalue weighted by Crippen LogP contribution is 2.30. The van der Waals surface area contributed by atoms with Crippen molar-refractivity contribution in [2.75, 3.05) is 18.9 Å². The molecule has 1 N–H and O–H groups in total. The van der Waals surface area contributed by atoms with E-state index in [1.165, 1.54) is 11.3 Å². The molecule has 1 unspecified atom stereocenters. The maximum absolute atomic E-state index is 13.5. The van der Waals surface area contributed by atoms with Crippen LogP contribution in [0.4, 0.5) is 5.13 Å². The summed E-state index contributed by atoms with van der Waals surface area (Å²) in [5, 5.41) is 6.48. The number of hydrogen-bond acceptors (Lipinski definition) is 7. The number of amides is 1. The molecular weight excluding hydrogens is 496 g/mol. The molecule has 2 aromatic heterocycles. The molecule has 0 spiro atoms. The summed E-state index contributed by atoms with van der Waals surface area (Å²) in [6.07, 6.45) is 0.136. The maximum atomic E-state index is 13.5. The predicted octanol–water partition coefficient (Wildman–Crippen LogP) is 5.57. The Bertz CT molecular complexity index is 1440. The molecule has 36 heavy (non-hydrogen) atoms. The van der Waals surface area contributed by atoms with Gasteiger partial charge in [0.1, 0.15) is 0 Å². The summed E-state index contributed by atoms with van der Waals surface area (Å²) >= 11 is 7.28. The molecule has 1 aliphatic heterocycles. The Balaban J connectivity index is 1.37. The highest BCUT2D eigenvalue weighted by Gasteiger charge is 2.29. The molecule has 7 nitrogen and oxygen atoms in total. The molecule has 9 heteroatoms. The minimum absolute atomic E-state index is 0.331. The van der Waals surface area contributed by atoms with Crippen molar-refractivity contribution in [3.05, 3.63) is 75.8 Å². The number of carbonyl (C=O) groups excluding carboxylic acids is 2. The number of nitrogens with zero attached hydrogens (tertiary/aromatic N) is 3. The number of halogens is 1. The third kappa shape index (κ3) is 4.97. The zero-order chi connectivity index (χ0) is 25.2. The maximum Gasteiger partial charge on any atom is 0.340 e. The van der Waals surface area contributed by atoms with Crippen LogP contribution in [0.2, 0.25) is 5.02 Å². The summed E-state index contributed by atoms with van der Waals surface area (Å²) in [5.41, 5.74) is 4.66. The number of carbonyl (C=O) groups is 2. The van der Waals surface area contributed by atoms with E-state index >= 15 is 0 Å². The standard InChI is InChI=1S/C27H25ClN4O3S/c1-3-23(25(33)31-27-30-22(15-36-27)16-8-10-17(28)11-9-16)35-26(34)24-18-6-4-5-7-20(18)29-21-12-13-32(2)14-19(21)24/h4-11,15,23H,3,12-14H2,1-2H3,(H,30,31,33). The number of thiazole rings is 1. The number of esters is 1. The van der Waals surface area contributed by atoms with Crippen molar-refractivity contribution >= 4 is 50.8 Å². The quantitative estimate of drug-likeness (QED) is 0.334. The Labute approximate surface area is 218 Å². The lowest BCUT2D eigenvalue weighted by atomic mass is 9.96. The molecular formula is C27H25ClN4O3S. The van der Waals surface area contributed by atoms with E-state index < -0.39 is 18.0 Å². The van der Waals surface area contributed by atoms with Crippen LogP contribution >= 0.6 is 22.9 Å². The number of aromatic nitrogens is 2. The van der Waals surface area contributed by atoms with Gasteiger partial charge < -0.3 is 9.64 Å². The van der Waals surface area contributed by atoms with Crippen LogP contribution in [0.3, 0.4) is 0 Å². The van der Waals surface area contributed by atoms with Gasteiger partial charge in [-0.3, -0.25) is 15.1 Å². The fourth-order valence-corrected chi connectivity index (χ4v) is 5.19. The molecule has 5 rings (SSSR count). The van der Waals surface area contributed by atoms with Gasteiger partial charge >= 0.3 is 5.97 Å². The molecule has 0 radical (unpaired) electrons. The average Bonchev–Trinajstić information content (AvgIpc) is 3.34. The third-order valence-electron chi connectivity index (χ3n) is 6.23. The lowest BCUT2D eigenvalue weighted by Gasteiger charge is -2.27. The van der Waals surface area contributed by atoms with Gasteiger partial charge in [-0.25, -0.2) is 9.78 Å². The molecule has 2 aromatic carbocycles. The van der Waals surface area contributed by atoms with Crippen LogP contribution < -0.4 is 5.32 Å². The summed E-state index contributed by atoms with van der Waals surface area (Å²) < 4.78 is 5.80. The largest absolute Gasteiger partial charge is 0.449 e. The van der Waals surface area contributed by atoms with E-state index in [4.69, 9.17) is 21.3 Å². The van der Waals surface area contributed by atoms with Crippen LogP contribution in [0.5, 0.6) is 0 Å². The van der Waals surface area contributed by atoms with E-state index in [0.717, 1.165) is 46.4 Å². The first-order valence-corrected chi connectivity index (χ1v) is 13.0. The van der Waals surface area contributed by atoms with Gasteiger partial charge in [0.25, 0.3) is 5.91 Å². The number of ether oxygens (including phenoxy) is 1. The van der Waals surface area contributed by atoms with Gasteiger partial charge in [0.15, 0.2) is 11.2 Å². The zero-order valence-electron chi connectivity index (χ0n) is 20.0. The molecule has 0 saturated carbocycles. The smallest absolute Gasteiger partial charge is 0.340 e. The lowest BCUT2D eigenvalue weighted by Crippen LogP contribution is -2.34. The Kier molecular flexibility index (Phi) is 7.00. The highest BCUT2D eigenvalue weighted by atomic mass is 35.5. The molecule has 184 valence electrons. The van der Waals surface area contributed by atoms with E-state index in [1.807, 2.05) is 55.7 Å². The summed E-state index contributed by atoms with van der Waals surface area (Å²) in [4.78, 5) is 38.0. The van der Waals surface area contributed by atoms with E-state index in [0.29, 0.717) is 28.7 Å². The molecule has 0 bridgehead atoms. The van der Waals surface area contributed by atoms with Gasteiger partial charge in [-0.05, 0) is 31.7 Å². The zero-order valence-corrected chi connectivity index (χ0v) is 21.5. The number of pyridine rings is 1. The van der Waals surface area contributed by atoms with E-state index in [2.05, 4.69) is 15.2 Å². The second-order valence-electron chi connectivity index (χ2n) is 8.75. The van der Waals surface area contributed by atoms with Crippen LogP contribution in [-0.2, 0) is 22.5 Å². The van der Waals surface area contributed by atoms with Gasteiger partial charge in [0.05, 0.1) is 16.8 Å². The lowest BCUT2D eigenvalue weighted by molar-refractivity contribution is -0.124. The van der Waals surface area contributed by atoms with Crippen molar-refractivity contribution in [1.29, 1.82) is 0 Å². The van der Waals surface area contributed by atoms with Crippen LogP contribution in [0.1, 0.15) is 35.0 Å². The number of fused-ring (bicyclic) bond motifs is 2. The van der Waals surface area contributed by atoms with Gasteiger partial charge in [-0.1, -0.05) is 48.9 Å². The van der Waals surface area contributed by atoms with Crippen LogP contribution in [0, 0.1) is 0 Å². The molecule has 0 aliphatic carbocycles. The second-order valence-corrected chi connectivity index (χ2v) is 10.0. The first-order chi connectivity index (χ1) is 17.4. The monoisotopic (exact) mass is 520 g/mol. The Morgan fingerprint density at radius 2 is 1.94 bits per heavy atom. The fraction of sp³-hybridized carbons (Fsp3) is 0.259. The Hall–Kier alpha value is -3.33. The fourth-order valence-electron chi connectivity index (χ4n) is 4.34. The second kappa shape index (κ2) is 10.3. The molecule has 1 amide bonds. The van der Waals surface area contributed by atoms with Crippen molar-refractivity contribution < 1.29 is 14.3 Å². The number of para-hydroxylation sites is 1. The molecule has 0 fully saturated rings. The summed E-state index contributed by atoms with van der Waals surface area (Å²) in [7, 11) is 2.02. The van der Waals surface area contributed by atoms with E-state index in [-0.39, 0.29) is 0 Å². The van der Waals surface area contributed by atoms with Crippen molar-refractivity contribution in [3.63, 3.8) is 0 Å². The topological polar surface area (TPSA) is 84.4 Å². The van der Waals surface area contributed by atoms with Gasteiger partial charge in [0, 0.05) is 52.1 Å². The van der Waals surface area contributed by atoms with Crippen molar-refractivity contribution in [2.45, 2.75) is 32.4 Å². The predicted molar refractivity (Wildman–Crippen MR) is 142 cm³/mol. The summed E-state index contributed by atoms with van der Waals surface area (Å²) in [6, 6.07) is 14.9. The number of anilines is 1. The van der Waals surface area contributed by atoms with Gasteiger partial charge in [-0.2, -0.15) is 0 Å². The molecule has 3 heterocycles. The molecule has 1 aliphatic rings.